The van der Waals surface area contributed by atoms with E-state index in [1.54, 1.807) is 20.1 Å². The van der Waals surface area contributed by atoms with Gasteiger partial charge in [0.2, 0.25) is 12.2 Å². The molecule has 218 valence electrons. The average Bonchev–Trinajstić information content (AvgIpc) is 3.29. The van der Waals surface area contributed by atoms with E-state index in [1.165, 1.54) is 28.5 Å². The molecule has 2 amide bonds. The molecule has 1 aliphatic carbocycles. The summed E-state index contributed by atoms with van der Waals surface area (Å²) in [5.41, 5.74) is -0.813. The third-order valence-electron chi connectivity index (χ3n) is 5.81. The van der Waals surface area contributed by atoms with Gasteiger partial charge in [-0.2, -0.15) is 0 Å². The largest absolute Gasteiger partial charge is 0.617 e. The molecule has 0 radical (unpaired) electrons. The number of carboxylic acid groups (broad SMARTS) is 2. The van der Waals surface area contributed by atoms with E-state index in [-0.39, 0.29) is 5.92 Å². The first kappa shape index (κ1) is 34.2. The maximum Gasteiger partial charge on any atom is 0.410 e. The first-order valence-corrected chi connectivity index (χ1v) is 16.4. The van der Waals surface area contributed by atoms with Crippen LogP contribution in [0, 0.1) is 11.3 Å². The maximum atomic E-state index is 13.0. The van der Waals surface area contributed by atoms with Gasteiger partial charge in [0.1, 0.15) is 11.8 Å². The molecule has 12 nitrogen and oxygen atoms in total. The third-order valence-corrected chi connectivity index (χ3v) is 9.26. The van der Waals surface area contributed by atoms with Gasteiger partial charge >= 0.3 is 24.0 Å². The van der Waals surface area contributed by atoms with Crippen LogP contribution < -0.4 is 10.6 Å². The summed E-state index contributed by atoms with van der Waals surface area (Å²) in [7, 11) is 2.80. The van der Waals surface area contributed by atoms with E-state index in [2.05, 4.69) is 10.6 Å². The molecule has 4 atom stereocenters. The number of rotatable bonds is 17. The highest BCUT2D eigenvalue weighted by molar-refractivity contribution is 8.76. The zero-order chi connectivity index (χ0) is 28.9. The Morgan fingerprint density at radius 1 is 1.03 bits per heavy atom. The van der Waals surface area contributed by atoms with Crippen molar-refractivity contribution in [1.29, 1.82) is 0 Å². The maximum absolute atomic E-state index is 13.0. The molecule has 38 heavy (non-hydrogen) atoms. The van der Waals surface area contributed by atoms with Gasteiger partial charge in [0.05, 0.1) is 24.0 Å². The minimum atomic E-state index is -1.51. The molecule has 1 fully saturated rings. The number of carbonyl (C=O) groups is 5. The van der Waals surface area contributed by atoms with Gasteiger partial charge in [-0.15, -0.1) is 0 Å². The Labute approximate surface area is 233 Å². The van der Waals surface area contributed by atoms with E-state index in [9.17, 15) is 33.6 Å². The minimum absolute atomic E-state index is 0.348. The summed E-state index contributed by atoms with van der Waals surface area (Å²) in [6, 6.07) is -1.91. The van der Waals surface area contributed by atoms with Crippen LogP contribution in [0.2, 0.25) is 0 Å². The molecule has 1 rings (SSSR count). The quantitative estimate of drug-likeness (QED) is 0.0629. The van der Waals surface area contributed by atoms with E-state index in [4.69, 9.17) is 14.6 Å². The Morgan fingerprint density at radius 2 is 1.66 bits per heavy atom. The van der Waals surface area contributed by atoms with Crippen molar-refractivity contribution in [3.05, 3.63) is 0 Å². The van der Waals surface area contributed by atoms with Gasteiger partial charge in [0.25, 0.3) is 0 Å². The summed E-state index contributed by atoms with van der Waals surface area (Å²) in [5, 5.41) is 23.3. The number of aliphatic carboxylic acids is 2. The number of amides is 2. The number of alkyl carbamates (subject to hydrolysis) is 1. The second-order valence-electron chi connectivity index (χ2n) is 9.47. The smallest absolute Gasteiger partial charge is 0.410 e. The number of hydrogen-bond donors (Lipinski definition) is 4. The highest BCUT2D eigenvalue weighted by atomic mass is 33.1. The van der Waals surface area contributed by atoms with Crippen molar-refractivity contribution in [3.8, 4) is 0 Å². The normalized spacial score (nSPS) is 17.6. The third kappa shape index (κ3) is 12.8. The standard InChI is InChI=1S/C23H38N2O10S3/c1-14(2)20(30)34-15(3)35-22(32)24-16(7-10-38(4)33)12-36-37-13-23(8-5-6-9-23)21(31)25-17(19(28)29)11-18(26)27/h14-17H,5-13H2,1-4H3,(H,24,32)(H,25,31)(H,26,27)(H,28,29). The Hall–Kier alpha value is -1.84. The van der Waals surface area contributed by atoms with E-state index >= 15 is 0 Å². The average molecular weight is 599 g/mol. The van der Waals surface area contributed by atoms with Crippen LogP contribution in [-0.4, -0.2) is 86.6 Å². The Kier molecular flexibility index (Phi) is 15.3. The first-order chi connectivity index (χ1) is 17.8. The summed E-state index contributed by atoms with van der Waals surface area (Å²) >= 11 is -1.08. The number of carboxylic acids is 2. The molecule has 0 aromatic carbocycles. The van der Waals surface area contributed by atoms with Crippen LogP contribution in [0.5, 0.6) is 0 Å². The van der Waals surface area contributed by atoms with Crippen molar-refractivity contribution in [2.75, 3.05) is 23.5 Å². The SMILES string of the molecule is CC(OC(=O)NC(CC[S+](C)[O-])CSSCC1(C(=O)NC(CC(=O)O)C(=O)O)CCCC1)OC(=O)C(C)C. The Morgan fingerprint density at radius 3 is 2.18 bits per heavy atom. The van der Waals surface area contributed by atoms with Crippen LogP contribution in [0.25, 0.3) is 0 Å². The van der Waals surface area contributed by atoms with E-state index < -0.39 is 71.3 Å². The molecule has 0 spiro atoms. The molecular weight excluding hydrogens is 560 g/mol. The molecular formula is C23H38N2O10S3. The topological polar surface area (TPSA) is 191 Å². The Bertz CT molecular complexity index is 821. The van der Waals surface area contributed by atoms with Crippen LogP contribution in [0.4, 0.5) is 4.79 Å². The molecule has 1 aliphatic rings. The summed E-state index contributed by atoms with van der Waals surface area (Å²) in [6.07, 6.45) is 2.11. The van der Waals surface area contributed by atoms with Crippen molar-refractivity contribution in [3.63, 3.8) is 0 Å². The zero-order valence-electron chi connectivity index (χ0n) is 22.1. The first-order valence-electron chi connectivity index (χ1n) is 12.2. The number of ether oxygens (including phenoxy) is 2. The van der Waals surface area contributed by atoms with Gasteiger partial charge in [0, 0.05) is 30.9 Å². The molecule has 4 N–H and O–H groups in total. The molecule has 0 bridgehead atoms. The lowest BCUT2D eigenvalue weighted by atomic mass is 9.87. The van der Waals surface area contributed by atoms with Crippen LogP contribution >= 0.6 is 21.6 Å². The van der Waals surface area contributed by atoms with Crippen LogP contribution in [0.3, 0.4) is 0 Å². The van der Waals surface area contributed by atoms with Crippen molar-refractivity contribution in [2.45, 2.75) is 77.7 Å². The van der Waals surface area contributed by atoms with Crippen molar-refractivity contribution in [2.24, 2.45) is 11.3 Å². The number of esters is 1. The van der Waals surface area contributed by atoms with Crippen molar-refractivity contribution >= 4 is 62.7 Å². The molecule has 0 aromatic rings. The molecule has 15 heteroatoms. The Balaban J connectivity index is 2.68. The lowest BCUT2D eigenvalue weighted by Crippen LogP contribution is -2.49. The number of nitrogens with one attached hydrogen (secondary N) is 2. The highest BCUT2D eigenvalue weighted by Gasteiger charge is 2.42. The minimum Gasteiger partial charge on any atom is -0.617 e. The van der Waals surface area contributed by atoms with Gasteiger partial charge in [-0.05, 0) is 12.8 Å². The second kappa shape index (κ2) is 17.0. The molecule has 0 heterocycles. The van der Waals surface area contributed by atoms with Crippen molar-refractivity contribution in [1.82, 2.24) is 10.6 Å². The zero-order valence-corrected chi connectivity index (χ0v) is 24.5. The van der Waals surface area contributed by atoms with Crippen LogP contribution in [0.15, 0.2) is 0 Å². The fraction of sp³-hybridized carbons (Fsp3) is 0.783. The molecule has 0 aromatic heterocycles. The predicted octanol–water partition coefficient (Wildman–Crippen LogP) is 2.38. The summed E-state index contributed by atoms with van der Waals surface area (Å²) < 4.78 is 21.7. The molecule has 0 aliphatic heterocycles. The lowest BCUT2D eigenvalue weighted by molar-refractivity contribution is -0.168. The number of carbonyl (C=O) groups excluding carboxylic acids is 3. The molecule has 0 saturated heterocycles. The predicted molar refractivity (Wildman–Crippen MR) is 145 cm³/mol. The van der Waals surface area contributed by atoms with E-state index in [1.807, 2.05) is 0 Å². The van der Waals surface area contributed by atoms with Gasteiger partial charge < -0.3 is 34.9 Å². The summed E-state index contributed by atoms with van der Waals surface area (Å²) in [5.74, 6) is -2.94. The fourth-order valence-electron chi connectivity index (χ4n) is 3.64. The van der Waals surface area contributed by atoms with Gasteiger partial charge in [-0.25, -0.2) is 9.59 Å². The van der Waals surface area contributed by atoms with Gasteiger partial charge in [-0.3, -0.25) is 14.4 Å². The highest BCUT2D eigenvalue weighted by Crippen LogP contribution is 2.43. The lowest BCUT2D eigenvalue weighted by Gasteiger charge is -2.29. The summed E-state index contributed by atoms with van der Waals surface area (Å²) in [6.45, 7) is 4.74. The van der Waals surface area contributed by atoms with Gasteiger partial charge in [0.15, 0.2) is 0 Å². The van der Waals surface area contributed by atoms with E-state index in [0.29, 0.717) is 36.5 Å². The fourth-order valence-corrected chi connectivity index (χ4v) is 7.20. The van der Waals surface area contributed by atoms with Gasteiger partial charge in [-0.1, -0.05) is 59.5 Å². The van der Waals surface area contributed by atoms with Crippen molar-refractivity contribution < 1.29 is 48.2 Å². The second-order valence-corrected chi connectivity index (χ2v) is 13.5. The van der Waals surface area contributed by atoms with Crippen LogP contribution in [-0.2, 0) is 39.8 Å². The molecule has 4 unspecified atom stereocenters. The molecule has 1 saturated carbocycles. The summed E-state index contributed by atoms with van der Waals surface area (Å²) in [4.78, 5) is 59.4. The van der Waals surface area contributed by atoms with Crippen LogP contribution in [0.1, 0.15) is 59.3 Å². The van der Waals surface area contributed by atoms with E-state index in [0.717, 1.165) is 12.8 Å². The monoisotopic (exact) mass is 598 g/mol. The number of hydrogen-bond acceptors (Lipinski definition) is 10.